The normalized spacial score (nSPS) is 42.1. The maximum atomic E-state index is 12.0. The Kier molecular flexibility index (Phi) is 15.2. The highest BCUT2D eigenvalue weighted by Crippen LogP contribution is 2.39. The molecule has 3 heterocycles. The van der Waals surface area contributed by atoms with Gasteiger partial charge in [0.2, 0.25) is 12.2 Å². The molecule has 0 aromatic heterocycles. The van der Waals surface area contributed by atoms with Crippen LogP contribution in [0.5, 0.6) is 0 Å². The van der Waals surface area contributed by atoms with Gasteiger partial charge < -0.3 is 33.2 Å². The standard InChI is InChI=1S/C20H36O5.C12H18Cl3NO4/c1-10-12(3)16(7)24-17(13(10)4)9-23-20-15(6)11(2)14(5)18(25-20)19(21)22-8;1-5-6(2)8(9(17)18-4)19-10(7(5)3)20-11(16)12(13,14)15/h10-18,20H,9H2,1-8H3;5-8,10,16H,1-4H3/t10-,11+,12?,13+,14+,15?,16+,17?,18?,20+;5-,6-,7?,8?,10?/m10/s1. The quantitative estimate of drug-likeness (QED) is 0.140. The molecule has 10 nitrogen and oxygen atoms in total. The summed E-state index contributed by atoms with van der Waals surface area (Å²) in [6.45, 7) is 21.5. The highest BCUT2D eigenvalue weighted by Gasteiger charge is 2.46. The van der Waals surface area contributed by atoms with Crippen LogP contribution in [0.25, 0.3) is 0 Å². The molecule has 0 aromatic carbocycles. The van der Waals surface area contributed by atoms with E-state index in [1.165, 1.54) is 14.2 Å². The molecule has 3 aliphatic rings. The van der Waals surface area contributed by atoms with E-state index in [1.807, 2.05) is 27.7 Å². The van der Waals surface area contributed by atoms with Crippen molar-refractivity contribution in [2.24, 2.45) is 53.3 Å². The summed E-state index contributed by atoms with van der Waals surface area (Å²) in [5, 5.41) is 7.59. The lowest BCUT2D eigenvalue weighted by Crippen LogP contribution is -2.51. The zero-order valence-corrected chi connectivity index (χ0v) is 30.9. The molecule has 0 saturated carbocycles. The van der Waals surface area contributed by atoms with Crippen LogP contribution < -0.4 is 0 Å². The van der Waals surface area contributed by atoms with E-state index in [0.717, 1.165) is 0 Å². The van der Waals surface area contributed by atoms with Gasteiger partial charge in [0.25, 0.3) is 3.79 Å². The van der Waals surface area contributed by atoms with Crippen LogP contribution in [-0.2, 0) is 42.7 Å². The molecule has 13 heteroatoms. The molecule has 7 unspecified atom stereocenters. The summed E-state index contributed by atoms with van der Waals surface area (Å²) in [5.41, 5.74) is 0. The van der Waals surface area contributed by atoms with Gasteiger partial charge >= 0.3 is 11.9 Å². The van der Waals surface area contributed by atoms with E-state index in [1.54, 1.807) is 0 Å². The third-order valence-electron chi connectivity index (χ3n) is 10.9. The molecule has 0 amide bonds. The van der Waals surface area contributed by atoms with Crippen LogP contribution in [0.1, 0.15) is 69.2 Å². The number of methoxy groups -OCH3 is 2. The highest BCUT2D eigenvalue weighted by molar-refractivity contribution is 6.76. The Hall–Kier alpha value is -0.880. The Morgan fingerprint density at radius 3 is 1.49 bits per heavy atom. The first-order valence-electron chi connectivity index (χ1n) is 15.8. The van der Waals surface area contributed by atoms with Crippen molar-refractivity contribution in [3.63, 3.8) is 0 Å². The minimum atomic E-state index is -1.96. The summed E-state index contributed by atoms with van der Waals surface area (Å²) in [6.07, 6.45) is -2.29. The first-order valence-corrected chi connectivity index (χ1v) is 17.0. The number of nitrogens with one attached hydrogen (secondary N) is 1. The molecule has 3 rings (SSSR count). The number of hydrogen-bond acceptors (Lipinski definition) is 10. The molecule has 15 atom stereocenters. The topological polar surface area (TPSA) is 123 Å². The molecule has 3 saturated heterocycles. The van der Waals surface area contributed by atoms with Crippen LogP contribution in [0, 0.1) is 58.7 Å². The first kappa shape index (κ1) is 40.3. The summed E-state index contributed by atoms with van der Waals surface area (Å²) in [4.78, 5) is 23.8. The molecule has 0 aliphatic carbocycles. The smallest absolute Gasteiger partial charge is 0.335 e. The van der Waals surface area contributed by atoms with Gasteiger partial charge in [0, 0.05) is 11.8 Å². The van der Waals surface area contributed by atoms with Crippen LogP contribution in [0.2, 0.25) is 0 Å². The maximum absolute atomic E-state index is 12.0. The Labute approximate surface area is 284 Å². The predicted molar refractivity (Wildman–Crippen MR) is 173 cm³/mol. The summed E-state index contributed by atoms with van der Waals surface area (Å²) in [7, 11) is 2.69. The van der Waals surface area contributed by atoms with Gasteiger partial charge in [-0.2, -0.15) is 0 Å². The van der Waals surface area contributed by atoms with Gasteiger partial charge in [-0.1, -0.05) is 97.1 Å². The monoisotopic (exact) mass is 701 g/mol. The van der Waals surface area contributed by atoms with E-state index in [2.05, 4.69) is 41.5 Å². The fourth-order valence-corrected chi connectivity index (χ4v) is 6.35. The second-order valence-corrected chi connectivity index (χ2v) is 15.6. The van der Waals surface area contributed by atoms with E-state index >= 15 is 0 Å². The zero-order valence-electron chi connectivity index (χ0n) is 28.7. The average molecular weight is 703 g/mol. The molecular weight excluding hydrogens is 649 g/mol. The number of rotatable bonds is 6. The van der Waals surface area contributed by atoms with Crippen LogP contribution in [0.4, 0.5) is 0 Å². The first-order chi connectivity index (χ1) is 20.8. The third-order valence-corrected chi connectivity index (χ3v) is 11.4. The van der Waals surface area contributed by atoms with E-state index in [-0.39, 0.29) is 47.8 Å². The van der Waals surface area contributed by atoms with Gasteiger partial charge in [-0.15, -0.1) is 0 Å². The second-order valence-electron chi connectivity index (χ2n) is 13.3. The number of ether oxygens (including phenoxy) is 7. The molecule has 1 N–H and O–H groups in total. The predicted octanol–water partition coefficient (Wildman–Crippen LogP) is 6.66. The minimum Gasteiger partial charge on any atom is -0.467 e. The lowest BCUT2D eigenvalue weighted by Gasteiger charge is -2.45. The van der Waals surface area contributed by atoms with Crippen molar-refractivity contribution in [2.75, 3.05) is 20.8 Å². The molecular formula is C32H54Cl3NO9. The summed E-state index contributed by atoms with van der Waals surface area (Å²) >= 11 is 16.7. The Morgan fingerprint density at radius 1 is 0.622 bits per heavy atom. The number of halogens is 3. The summed E-state index contributed by atoms with van der Waals surface area (Å²) < 4.78 is 36.8. The molecule has 3 fully saturated rings. The van der Waals surface area contributed by atoms with Gasteiger partial charge in [0.15, 0.2) is 18.5 Å². The summed E-state index contributed by atoms with van der Waals surface area (Å²) in [6, 6.07) is 0. The second kappa shape index (κ2) is 17.0. The molecule has 45 heavy (non-hydrogen) atoms. The van der Waals surface area contributed by atoms with Gasteiger partial charge in [0.05, 0.1) is 33.0 Å². The Bertz CT molecular complexity index is 997. The van der Waals surface area contributed by atoms with E-state index in [9.17, 15) is 9.59 Å². The summed E-state index contributed by atoms with van der Waals surface area (Å²) in [5.74, 6) is 0.844. The molecule has 0 spiro atoms. The van der Waals surface area contributed by atoms with E-state index in [4.69, 9.17) is 73.4 Å². The average Bonchev–Trinajstić information content (AvgIpc) is 2.99. The Morgan fingerprint density at radius 2 is 1.04 bits per heavy atom. The molecule has 0 bridgehead atoms. The van der Waals surface area contributed by atoms with Gasteiger partial charge in [-0.25, -0.2) is 9.59 Å². The van der Waals surface area contributed by atoms with Crippen molar-refractivity contribution in [3.05, 3.63) is 0 Å². The van der Waals surface area contributed by atoms with E-state index < -0.39 is 40.4 Å². The highest BCUT2D eigenvalue weighted by atomic mass is 35.6. The van der Waals surface area contributed by atoms with Crippen LogP contribution in [-0.4, -0.2) is 79.5 Å². The van der Waals surface area contributed by atoms with Gasteiger partial charge in [-0.05, 0) is 48.3 Å². The lowest BCUT2D eigenvalue weighted by molar-refractivity contribution is -0.265. The van der Waals surface area contributed by atoms with Crippen molar-refractivity contribution in [1.82, 2.24) is 0 Å². The largest absolute Gasteiger partial charge is 0.467 e. The van der Waals surface area contributed by atoms with Gasteiger partial charge in [0.1, 0.15) is 0 Å². The van der Waals surface area contributed by atoms with Crippen LogP contribution >= 0.6 is 34.8 Å². The third kappa shape index (κ3) is 9.83. The van der Waals surface area contributed by atoms with Crippen molar-refractivity contribution >= 4 is 52.6 Å². The minimum absolute atomic E-state index is 0.0424. The van der Waals surface area contributed by atoms with Crippen molar-refractivity contribution in [1.29, 1.82) is 5.41 Å². The van der Waals surface area contributed by atoms with Crippen LogP contribution in [0.15, 0.2) is 0 Å². The fraction of sp³-hybridized carbons (Fsp3) is 0.906. The number of carbonyl (C=O) groups excluding carboxylic acids is 2. The molecule has 262 valence electrons. The molecule has 0 radical (unpaired) electrons. The SMILES string of the molecule is COC(=O)C1OC(OC(=N)C(Cl)(Cl)Cl)C(C)[C@@H](C)[C@@H]1C.COC(=O)C1O[C@H](OCC2O[C@@H](C)C(C)[C@@H](C)[C@@H]2C)C(C)[C@@H](C)[C@@H]1C. The number of alkyl halides is 3. The maximum Gasteiger partial charge on any atom is 0.335 e. The van der Waals surface area contributed by atoms with Crippen molar-refractivity contribution in [3.8, 4) is 0 Å². The van der Waals surface area contributed by atoms with Crippen molar-refractivity contribution < 1.29 is 42.7 Å². The number of carbonyl (C=O) groups is 2. The van der Waals surface area contributed by atoms with E-state index in [0.29, 0.717) is 30.3 Å². The van der Waals surface area contributed by atoms with Crippen molar-refractivity contribution in [2.45, 2.75) is 110 Å². The van der Waals surface area contributed by atoms with Crippen LogP contribution in [0.3, 0.4) is 0 Å². The number of hydrogen-bond donors (Lipinski definition) is 1. The molecule has 0 aromatic rings. The fourth-order valence-electron chi connectivity index (χ4n) is 6.22. The van der Waals surface area contributed by atoms with Gasteiger partial charge in [-0.3, -0.25) is 5.41 Å². The lowest BCUT2D eigenvalue weighted by atomic mass is 9.77. The zero-order chi connectivity index (χ0) is 34.5. The molecule has 3 aliphatic heterocycles. The number of esters is 2. The Balaban J connectivity index is 0.000000322.